The molecule has 0 radical (unpaired) electrons. The number of aryl methyl sites for hydroxylation is 1. The van der Waals surface area contributed by atoms with Crippen LogP contribution in [0.1, 0.15) is 15.9 Å². The fraction of sp³-hybridized carbons (Fsp3) is 0.143. The van der Waals surface area contributed by atoms with Gasteiger partial charge in [-0.05, 0) is 55.0 Å². The standard InChI is InChI=1S/C21H18ClN3O3/c1-13-10-15(22)3-5-17(13)25-20-7-2-14(12-23-20)21(26)24-16-4-6-18-19(11-16)28-9-8-27-18/h2-7,10-12H,8-9H2,1H3,(H,23,25)(H,24,26). The molecular weight excluding hydrogens is 378 g/mol. The zero-order valence-electron chi connectivity index (χ0n) is 15.2. The van der Waals surface area contributed by atoms with Crippen molar-refractivity contribution in [3.63, 3.8) is 0 Å². The molecule has 0 unspecified atom stereocenters. The number of hydrogen-bond acceptors (Lipinski definition) is 5. The van der Waals surface area contributed by atoms with Gasteiger partial charge in [0, 0.05) is 28.7 Å². The molecule has 1 aliphatic heterocycles. The second-order valence-electron chi connectivity index (χ2n) is 6.33. The highest BCUT2D eigenvalue weighted by Crippen LogP contribution is 2.32. The molecule has 1 aromatic heterocycles. The first-order chi connectivity index (χ1) is 13.6. The Morgan fingerprint density at radius 1 is 1.04 bits per heavy atom. The summed E-state index contributed by atoms with van der Waals surface area (Å²) in [6.07, 6.45) is 1.53. The van der Waals surface area contributed by atoms with Crippen LogP contribution in [0.4, 0.5) is 17.2 Å². The number of ether oxygens (including phenoxy) is 2. The number of carbonyl (C=O) groups excluding carboxylic acids is 1. The van der Waals surface area contributed by atoms with E-state index in [1.807, 2.05) is 25.1 Å². The molecule has 2 aromatic carbocycles. The third kappa shape index (κ3) is 4.02. The van der Waals surface area contributed by atoms with Gasteiger partial charge in [-0.15, -0.1) is 0 Å². The summed E-state index contributed by atoms with van der Waals surface area (Å²) in [5.74, 6) is 1.69. The molecule has 0 atom stereocenters. The topological polar surface area (TPSA) is 72.5 Å². The van der Waals surface area contributed by atoms with E-state index in [-0.39, 0.29) is 5.91 Å². The molecule has 4 rings (SSSR count). The van der Waals surface area contributed by atoms with Crippen LogP contribution in [-0.4, -0.2) is 24.1 Å². The summed E-state index contributed by atoms with van der Waals surface area (Å²) in [4.78, 5) is 16.8. The van der Waals surface area contributed by atoms with E-state index in [4.69, 9.17) is 21.1 Å². The number of benzene rings is 2. The minimum atomic E-state index is -0.251. The normalized spacial score (nSPS) is 12.4. The maximum atomic E-state index is 12.5. The van der Waals surface area contributed by atoms with Crippen molar-refractivity contribution in [1.82, 2.24) is 4.98 Å². The monoisotopic (exact) mass is 395 g/mol. The largest absolute Gasteiger partial charge is 0.486 e. The smallest absolute Gasteiger partial charge is 0.257 e. The summed E-state index contributed by atoms with van der Waals surface area (Å²) >= 11 is 5.98. The van der Waals surface area contributed by atoms with Gasteiger partial charge in [0.1, 0.15) is 19.0 Å². The van der Waals surface area contributed by atoms with E-state index in [2.05, 4.69) is 15.6 Å². The molecule has 0 fully saturated rings. The predicted molar refractivity (Wildman–Crippen MR) is 109 cm³/mol. The maximum absolute atomic E-state index is 12.5. The SMILES string of the molecule is Cc1cc(Cl)ccc1Nc1ccc(C(=O)Nc2ccc3c(c2)OCCO3)cn1. The second-order valence-corrected chi connectivity index (χ2v) is 6.77. The Bertz CT molecular complexity index is 1020. The number of aromatic nitrogens is 1. The van der Waals surface area contributed by atoms with Gasteiger partial charge in [-0.2, -0.15) is 0 Å². The highest BCUT2D eigenvalue weighted by molar-refractivity contribution is 6.30. The van der Waals surface area contributed by atoms with Gasteiger partial charge in [0.2, 0.25) is 0 Å². The van der Waals surface area contributed by atoms with Crippen molar-refractivity contribution in [3.8, 4) is 11.5 Å². The van der Waals surface area contributed by atoms with Crippen LogP contribution in [0.3, 0.4) is 0 Å². The number of amides is 1. The van der Waals surface area contributed by atoms with Crippen LogP contribution in [0.15, 0.2) is 54.7 Å². The zero-order valence-corrected chi connectivity index (χ0v) is 15.9. The van der Waals surface area contributed by atoms with E-state index in [9.17, 15) is 4.79 Å². The molecule has 0 saturated carbocycles. The lowest BCUT2D eigenvalue weighted by atomic mass is 10.2. The summed E-state index contributed by atoms with van der Waals surface area (Å²) in [5.41, 5.74) is 3.00. The van der Waals surface area contributed by atoms with E-state index < -0.39 is 0 Å². The number of nitrogens with zero attached hydrogens (tertiary/aromatic N) is 1. The van der Waals surface area contributed by atoms with Crippen molar-refractivity contribution in [2.24, 2.45) is 0 Å². The van der Waals surface area contributed by atoms with Crippen LogP contribution in [-0.2, 0) is 0 Å². The zero-order chi connectivity index (χ0) is 19.5. The molecule has 1 aliphatic rings. The number of halogens is 1. The van der Waals surface area contributed by atoms with E-state index in [0.29, 0.717) is 46.8 Å². The third-order valence-corrected chi connectivity index (χ3v) is 4.51. The van der Waals surface area contributed by atoms with Crippen molar-refractivity contribution in [2.75, 3.05) is 23.8 Å². The fourth-order valence-electron chi connectivity index (χ4n) is 2.83. The molecule has 2 heterocycles. The van der Waals surface area contributed by atoms with Gasteiger partial charge in [0.05, 0.1) is 5.56 Å². The summed E-state index contributed by atoms with van der Waals surface area (Å²) in [5, 5.41) is 6.74. The summed E-state index contributed by atoms with van der Waals surface area (Å²) in [6, 6.07) is 14.4. The number of hydrogen-bond donors (Lipinski definition) is 2. The fourth-order valence-corrected chi connectivity index (χ4v) is 3.06. The van der Waals surface area contributed by atoms with Gasteiger partial charge in [-0.1, -0.05) is 11.6 Å². The van der Waals surface area contributed by atoms with E-state index in [1.54, 1.807) is 30.3 Å². The van der Waals surface area contributed by atoms with Crippen LogP contribution in [0.2, 0.25) is 5.02 Å². The molecule has 6 nitrogen and oxygen atoms in total. The second kappa shape index (κ2) is 7.78. The number of fused-ring (bicyclic) bond motifs is 1. The molecule has 7 heteroatoms. The lowest BCUT2D eigenvalue weighted by Gasteiger charge is -2.19. The van der Waals surface area contributed by atoms with E-state index in [0.717, 1.165) is 11.3 Å². The van der Waals surface area contributed by atoms with Gasteiger partial charge in [-0.25, -0.2) is 4.98 Å². The molecule has 28 heavy (non-hydrogen) atoms. The van der Waals surface area contributed by atoms with Crippen molar-refractivity contribution >= 4 is 34.7 Å². The molecule has 0 bridgehead atoms. The van der Waals surface area contributed by atoms with Crippen LogP contribution in [0, 0.1) is 6.92 Å². The van der Waals surface area contributed by atoms with Crippen molar-refractivity contribution < 1.29 is 14.3 Å². The molecule has 0 spiro atoms. The number of pyridine rings is 1. The van der Waals surface area contributed by atoms with E-state index >= 15 is 0 Å². The van der Waals surface area contributed by atoms with Crippen LogP contribution in [0.5, 0.6) is 11.5 Å². The Labute approximate surface area is 167 Å². The first kappa shape index (κ1) is 18.1. The lowest BCUT2D eigenvalue weighted by Crippen LogP contribution is -2.16. The minimum absolute atomic E-state index is 0.251. The van der Waals surface area contributed by atoms with Gasteiger partial charge in [0.15, 0.2) is 11.5 Å². The molecule has 2 N–H and O–H groups in total. The number of carbonyl (C=O) groups is 1. The first-order valence-electron chi connectivity index (χ1n) is 8.79. The Kier molecular flexibility index (Phi) is 5.04. The Morgan fingerprint density at radius 2 is 1.86 bits per heavy atom. The average molecular weight is 396 g/mol. The third-order valence-electron chi connectivity index (χ3n) is 4.28. The Morgan fingerprint density at radius 3 is 2.61 bits per heavy atom. The number of rotatable bonds is 4. The van der Waals surface area contributed by atoms with Crippen LogP contribution < -0.4 is 20.1 Å². The minimum Gasteiger partial charge on any atom is -0.486 e. The molecule has 0 saturated heterocycles. The summed E-state index contributed by atoms with van der Waals surface area (Å²) in [6.45, 7) is 2.99. The van der Waals surface area contributed by atoms with Crippen molar-refractivity contribution in [2.45, 2.75) is 6.92 Å². The molecular formula is C21H18ClN3O3. The average Bonchev–Trinajstić information content (AvgIpc) is 2.70. The van der Waals surface area contributed by atoms with Gasteiger partial charge < -0.3 is 20.1 Å². The van der Waals surface area contributed by atoms with Gasteiger partial charge >= 0.3 is 0 Å². The highest BCUT2D eigenvalue weighted by atomic mass is 35.5. The summed E-state index contributed by atoms with van der Waals surface area (Å²) < 4.78 is 11.0. The maximum Gasteiger partial charge on any atom is 0.257 e. The quantitative estimate of drug-likeness (QED) is 0.663. The number of anilines is 3. The predicted octanol–water partition coefficient (Wildman–Crippen LogP) is 4.81. The lowest BCUT2D eigenvalue weighted by molar-refractivity contribution is 0.102. The van der Waals surface area contributed by atoms with Crippen LogP contribution >= 0.6 is 11.6 Å². The van der Waals surface area contributed by atoms with Crippen molar-refractivity contribution in [3.05, 3.63) is 70.9 Å². The molecule has 1 amide bonds. The van der Waals surface area contributed by atoms with Gasteiger partial charge in [0.25, 0.3) is 5.91 Å². The summed E-state index contributed by atoms with van der Waals surface area (Å²) in [7, 11) is 0. The Balaban J connectivity index is 1.44. The Hall–Kier alpha value is -3.25. The molecule has 3 aromatic rings. The molecule has 0 aliphatic carbocycles. The van der Waals surface area contributed by atoms with Crippen LogP contribution in [0.25, 0.3) is 0 Å². The van der Waals surface area contributed by atoms with Gasteiger partial charge in [-0.3, -0.25) is 4.79 Å². The highest BCUT2D eigenvalue weighted by Gasteiger charge is 2.13. The number of nitrogens with one attached hydrogen (secondary N) is 2. The van der Waals surface area contributed by atoms with E-state index in [1.165, 1.54) is 6.20 Å². The first-order valence-corrected chi connectivity index (χ1v) is 9.16. The van der Waals surface area contributed by atoms with Crippen molar-refractivity contribution in [1.29, 1.82) is 0 Å². The molecule has 142 valence electrons.